The molecule has 3 rings (SSSR count). The van der Waals surface area contributed by atoms with Gasteiger partial charge in [-0.05, 0) is 48.8 Å². The maximum Gasteiger partial charge on any atom is 0.357 e. The molecule has 0 aliphatic carbocycles. The number of benzene rings is 1. The van der Waals surface area contributed by atoms with Crippen LogP contribution in [-0.4, -0.2) is 40.9 Å². The minimum atomic E-state index is -1.09. The Morgan fingerprint density at radius 3 is 2.57 bits per heavy atom. The number of aryl methyl sites for hydroxylation is 1. The number of hydrogen-bond donors (Lipinski definition) is 1. The average Bonchev–Trinajstić information content (AvgIpc) is 2.89. The van der Waals surface area contributed by atoms with Crippen LogP contribution in [0.5, 0.6) is 0 Å². The number of aromatic nitrogens is 2. The summed E-state index contributed by atoms with van der Waals surface area (Å²) in [5, 5.41) is 3.33. The molecule has 28 heavy (non-hydrogen) atoms. The van der Waals surface area contributed by atoms with Gasteiger partial charge in [0.15, 0.2) is 11.5 Å². The maximum atomic E-state index is 14.8. The number of hydrogen-bond acceptors (Lipinski definition) is 4. The molecule has 0 bridgehead atoms. The van der Waals surface area contributed by atoms with E-state index in [0.717, 1.165) is 11.1 Å². The van der Waals surface area contributed by atoms with Crippen molar-refractivity contribution in [3.8, 4) is 0 Å². The molecule has 0 amide bonds. The lowest BCUT2D eigenvalue weighted by atomic mass is 10.2. The zero-order valence-electron chi connectivity index (χ0n) is 16.5. The fourth-order valence-corrected chi connectivity index (χ4v) is 3.97. The van der Waals surface area contributed by atoms with Crippen molar-refractivity contribution >= 4 is 38.3 Å². The van der Waals surface area contributed by atoms with Gasteiger partial charge >= 0.3 is 5.97 Å². The molecule has 2 aromatic heterocycles. The van der Waals surface area contributed by atoms with Crippen LogP contribution in [0.3, 0.4) is 0 Å². The monoisotopic (exact) mass is 409 g/mol. The van der Waals surface area contributed by atoms with E-state index in [1.54, 1.807) is 20.0 Å². The lowest BCUT2D eigenvalue weighted by molar-refractivity contribution is 0.0517. The summed E-state index contributed by atoms with van der Waals surface area (Å²) in [4.78, 5) is 17.3. The molecule has 0 spiro atoms. The predicted molar refractivity (Wildman–Crippen MR) is 112 cm³/mol. The van der Waals surface area contributed by atoms with Crippen LogP contribution in [0, 0.1) is 11.6 Å². The quantitative estimate of drug-likeness (QED) is 0.598. The molecule has 3 aromatic rings. The average molecular weight is 410 g/mol. The number of esters is 1. The number of ether oxygens (including phenoxy) is 1. The molecular weight excluding hydrogens is 384 g/mol. The zero-order valence-corrected chi connectivity index (χ0v) is 17.3. The van der Waals surface area contributed by atoms with Gasteiger partial charge in [-0.2, -0.15) is 0 Å². The Labute approximate surface area is 165 Å². The number of nitrogens with zero attached hydrogens (tertiary/aromatic N) is 2. The number of carbonyl (C=O) groups is 1. The molecule has 0 saturated carbocycles. The van der Waals surface area contributed by atoms with Crippen LogP contribution in [-0.2, 0) is 11.8 Å². The number of carbonyl (C=O) groups excluding carboxylic acids is 1. The summed E-state index contributed by atoms with van der Waals surface area (Å²) < 4.78 is 35.6. The number of halogens is 2. The highest BCUT2D eigenvalue weighted by Gasteiger charge is 2.25. The molecule has 0 fully saturated rings. The van der Waals surface area contributed by atoms with E-state index in [2.05, 4.69) is 29.1 Å². The van der Waals surface area contributed by atoms with Crippen LogP contribution in [0.2, 0.25) is 0 Å². The summed E-state index contributed by atoms with van der Waals surface area (Å²) in [7, 11) is 0.475. The Balaban J connectivity index is 0.00000300. The van der Waals surface area contributed by atoms with Gasteiger partial charge in [0.1, 0.15) is 5.82 Å². The van der Waals surface area contributed by atoms with Crippen molar-refractivity contribution in [3.63, 3.8) is 0 Å². The van der Waals surface area contributed by atoms with Gasteiger partial charge in [0.05, 0.1) is 29.7 Å². The molecule has 0 atom stereocenters. The first-order valence-electron chi connectivity index (χ1n) is 8.69. The Morgan fingerprint density at radius 1 is 1.25 bits per heavy atom. The fourth-order valence-electron chi connectivity index (χ4n) is 3.04. The number of rotatable bonds is 5. The van der Waals surface area contributed by atoms with Crippen molar-refractivity contribution < 1.29 is 19.7 Å². The highest BCUT2D eigenvalue weighted by Crippen LogP contribution is 2.46. The van der Waals surface area contributed by atoms with E-state index in [1.807, 2.05) is 6.07 Å². The van der Waals surface area contributed by atoms with Crippen LogP contribution in [0.1, 0.15) is 18.8 Å². The molecule has 152 valence electrons. The van der Waals surface area contributed by atoms with Gasteiger partial charge in [-0.25, -0.2) is 23.6 Å². The van der Waals surface area contributed by atoms with Crippen LogP contribution in [0.25, 0.3) is 10.9 Å². The highest BCUT2D eigenvalue weighted by atomic mass is 32.3. The third-order valence-corrected chi connectivity index (χ3v) is 6.09. The smallest absolute Gasteiger partial charge is 0.357 e. The highest BCUT2D eigenvalue weighted by molar-refractivity contribution is 8.32. The van der Waals surface area contributed by atoms with Crippen molar-refractivity contribution in [2.75, 3.05) is 30.7 Å². The van der Waals surface area contributed by atoms with Gasteiger partial charge in [0.2, 0.25) is 0 Å². The van der Waals surface area contributed by atoms with Gasteiger partial charge in [0.25, 0.3) is 0 Å². The first kappa shape index (κ1) is 20.1. The summed E-state index contributed by atoms with van der Waals surface area (Å²) in [5.74, 6) is -1.65. The van der Waals surface area contributed by atoms with Gasteiger partial charge < -0.3 is 14.6 Å². The number of fused-ring (bicyclic) bond motifs is 1. The topological polar surface area (TPSA) is 56.1 Å². The van der Waals surface area contributed by atoms with Gasteiger partial charge in [-0.15, -0.1) is 0 Å². The molecule has 0 saturated heterocycles. The second-order valence-corrected chi connectivity index (χ2v) is 11.3. The first-order valence-corrected chi connectivity index (χ1v) is 11.5. The van der Waals surface area contributed by atoms with Crippen LogP contribution in [0.15, 0.2) is 35.5 Å². The van der Waals surface area contributed by atoms with Crippen molar-refractivity contribution in [2.24, 2.45) is 7.05 Å². The molecule has 0 aliphatic rings. The van der Waals surface area contributed by atoms with E-state index in [0.29, 0.717) is 5.39 Å². The Hall–Kier alpha value is -2.61. The standard InChI is InChI=1S/C20H23F2N3O2S.H2/c1-6-27-20(26)19-17(13-10-23-11-15(22)18(13)25(19)2)24-16-8-7-12(9-14(16)21)28(3,4)5;/h7-11,24H,6H2,1-5H3;1H. The molecule has 8 heteroatoms. The van der Waals surface area contributed by atoms with Crippen LogP contribution >= 0.6 is 10.0 Å². The van der Waals surface area contributed by atoms with E-state index in [-0.39, 0.29) is 30.6 Å². The number of nitrogens with one attached hydrogen (secondary N) is 1. The van der Waals surface area contributed by atoms with Crippen molar-refractivity contribution in [1.29, 1.82) is 0 Å². The number of anilines is 2. The normalized spacial score (nSPS) is 12.2. The lowest BCUT2D eigenvalue weighted by Crippen LogP contribution is -2.12. The summed E-state index contributed by atoms with van der Waals surface area (Å²) in [6.07, 6.45) is 8.74. The SMILES string of the molecule is CCOC(=O)c1c(Nc2ccc(S(C)(C)C)cc2F)c2cncc(F)c2n1C.[HH]. The van der Waals surface area contributed by atoms with Crippen molar-refractivity contribution in [2.45, 2.75) is 11.8 Å². The summed E-state index contributed by atoms with van der Waals surface area (Å²) in [6.45, 7) is 1.85. The maximum absolute atomic E-state index is 14.8. The van der Waals surface area contributed by atoms with E-state index < -0.39 is 27.6 Å². The van der Waals surface area contributed by atoms with Gasteiger partial charge in [0, 0.05) is 20.1 Å². The van der Waals surface area contributed by atoms with Crippen molar-refractivity contribution in [1.82, 2.24) is 9.55 Å². The Morgan fingerprint density at radius 2 is 1.96 bits per heavy atom. The van der Waals surface area contributed by atoms with E-state index >= 15 is 0 Å². The van der Waals surface area contributed by atoms with Crippen LogP contribution in [0.4, 0.5) is 20.2 Å². The third kappa shape index (κ3) is 3.56. The Kier molecular flexibility index (Phi) is 5.34. The minimum absolute atomic E-state index is 0. The molecule has 1 N–H and O–H groups in total. The molecular formula is C20H25F2N3O2S. The summed E-state index contributed by atoms with van der Waals surface area (Å²) >= 11 is 0. The first-order chi connectivity index (χ1) is 13.1. The Bertz CT molecular complexity index is 1060. The van der Waals surface area contributed by atoms with E-state index in [9.17, 15) is 13.6 Å². The van der Waals surface area contributed by atoms with E-state index in [4.69, 9.17) is 4.74 Å². The fraction of sp³-hybridized carbons (Fsp3) is 0.300. The summed E-state index contributed by atoms with van der Waals surface area (Å²) in [5.41, 5.74) is 0.748. The second kappa shape index (κ2) is 7.43. The zero-order chi connectivity index (χ0) is 20.6. The molecule has 0 radical (unpaired) electrons. The van der Waals surface area contributed by atoms with Crippen LogP contribution < -0.4 is 5.32 Å². The van der Waals surface area contributed by atoms with E-state index in [1.165, 1.54) is 16.8 Å². The molecule has 0 unspecified atom stereocenters. The lowest BCUT2D eigenvalue weighted by Gasteiger charge is -2.26. The molecule has 5 nitrogen and oxygen atoms in total. The summed E-state index contributed by atoms with van der Waals surface area (Å²) in [6, 6.07) is 4.98. The minimum Gasteiger partial charge on any atom is -0.461 e. The van der Waals surface area contributed by atoms with Gasteiger partial charge in [-0.3, -0.25) is 4.98 Å². The third-order valence-electron chi connectivity index (χ3n) is 4.43. The second-order valence-electron chi connectivity index (χ2n) is 7.12. The molecule has 1 aromatic carbocycles. The number of pyridine rings is 1. The molecule has 0 aliphatic heterocycles. The largest absolute Gasteiger partial charge is 0.461 e. The van der Waals surface area contributed by atoms with Gasteiger partial charge in [-0.1, -0.05) is 0 Å². The predicted octanol–water partition coefficient (Wildman–Crippen LogP) is 5.07. The van der Waals surface area contributed by atoms with Crippen molar-refractivity contribution in [3.05, 3.63) is 47.9 Å². The molecule has 2 heterocycles.